The molecule has 6 aliphatic rings. The van der Waals surface area contributed by atoms with Crippen LogP contribution in [0.4, 0.5) is 0 Å². The fourth-order valence-corrected chi connectivity index (χ4v) is 9.11. The summed E-state index contributed by atoms with van der Waals surface area (Å²) in [7, 11) is 0. The minimum Gasteiger partial charge on any atom is -0.472 e. The summed E-state index contributed by atoms with van der Waals surface area (Å²) in [6.45, 7) is 11.0. The zero-order chi connectivity index (χ0) is 22.0. The molecule has 4 heterocycles. The van der Waals surface area contributed by atoms with E-state index < -0.39 is 16.4 Å². The molecule has 1 aromatic heterocycles. The molecular formula is C26H32O5. The van der Waals surface area contributed by atoms with E-state index in [1.807, 2.05) is 6.07 Å². The monoisotopic (exact) mass is 424 g/mol. The van der Waals surface area contributed by atoms with E-state index in [-0.39, 0.29) is 41.2 Å². The molecular weight excluding hydrogens is 392 g/mol. The van der Waals surface area contributed by atoms with E-state index in [9.17, 15) is 9.59 Å². The summed E-state index contributed by atoms with van der Waals surface area (Å²) in [6, 6.07) is 2.00. The maximum Gasteiger partial charge on any atom is 0.309 e. The van der Waals surface area contributed by atoms with E-state index in [2.05, 4.69) is 34.6 Å². The molecule has 0 aromatic carbocycles. The van der Waals surface area contributed by atoms with Crippen LogP contribution in [0.1, 0.15) is 78.2 Å². The summed E-state index contributed by atoms with van der Waals surface area (Å²) in [5.41, 5.74) is 1.94. The second-order valence-corrected chi connectivity index (χ2v) is 11.5. The van der Waals surface area contributed by atoms with E-state index in [0.717, 1.165) is 24.8 Å². The van der Waals surface area contributed by atoms with Gasteiger partial charge in [-0.3, -0.25) is 9.59 Å². The van der Waals surface area contributed by atoms with Crippen LogP contribution in [0.25, 0.3) is 0 Å². The molecule has 31 heavy (non-hydrogen) atoms. The Kier molecular flexibility index (Phi) is 3.65. The predicted octanol–water partition coefficient (Wildman–Crippen LogP) is 4.96. The quantitative estimate of drug-likeness (QED) is 0.471. The Balaban J connectivity index is 1.57. The average Bonchev–Trinajstić information content (AvgIpc) is 3.30. The standard InChI is InChI=1S/C26H32O5/c1-14(2)16-11-19-25(5)22-18(27)10-17(15-6-9-29-13-15)23(22,3)7-8-26(25)24(16,4)20(30-19)12-21(28)31-26/h6,9,13,17,19-20,22H,7-8,10-12H2,1-5H3/t17-,19-,20-,22-,23-,24-,25+,26-/m1/s1. The average molecular weight is 425 g/mol. The zero-order valence-corrected chi connectivity index (χ0v) is 19.1. The van der Waals surface area contributed by atoms with Gasteiger partial charge in [-0.25, -0.2) is 0 Å². The third-order valence-electron chi connectivity index (χ3n) is 10.4. The molecule has 3 aliphatic carbocycles. The minimum absolute atomic E-state index is 0.117. The maximum absolute atomic E-state index is 13.8. The first-order chi connectivity index (χ1) is 14.6. The number of hydrogen-bond acceptors (Lipinski definition) is 5. The number of carbonyl (C=O) groups excluding carboxylic acids is 2. The predicted molar refractivity (Wildman–Crippen MR) is 113 cm³/mol. The first-order valence-electron chi connectivity index (χ1n) is 11.7. The second-order valence-electron chi connectivity index (χ2n) is 11.5. The van der Waals surface area contributed by atoms with Crippen LogP contribution in [0.2, 0.25) is 0 Å². The van der Waals surface area contributed by atoms with Crippen LogP contribution in [0.15, 0.2) is 34.2 Å². The summed E-state index contributed by atoms with van der Waals surface area (Å²) < 4.78 is 18.6. The number of rotatable bonds is 1. The maximum atomic E-state index is 13.8. The number of fused-ring (bicyclic) bond motifs is 2. The van der Waals surface area contributed by atoms with Crippen molar-refractivity contribution < 1.29 is 23.5 Å². The van der Waals surface area contributed by atoms with E-state index in [4.69, 9.17) is 13.9 Å². The van der Waals surface area contributed by atoms with Gasteiger partial charge < -0.3 is 13.9 Å². The lowest BCUT2D eigenvalue weighted by atomic mass is 9.35. The smallest absolute Gasteiger partial charge is 0.309 e. The highest BCUT2D eigenvalue weighted by molar-refractivity contribution is 5.88. The fraction of sp³-hybridized carbons (Fsp3) is 0.692. The number of furan rings is 1. The van der Waals surface area contributed by atoms with Crippen LogP contribution in [-0.2, 0) is 19.1 Å². The Morgan fingerprint density at radius 1 is 1.03 bits per heavy atom. The van der Waals surface area contributed by atoms with Gasteiger partial charge in [0.25, 0.3) is 0 Å². The molecule has 1 spiro atoms. The van der Waals surface area contributed by atoms with Crippen LogP contribution >= 0.6 is 0 Å². The first-order valence-corrected chi connectivity index (χ1v) is 11.7. The topological polar surface area (TPSA) is 65.7 Å². The van der Waals surface area contributed by atoms with E-state index >= 15 is 0 Å². The lowest BCUT2D eigenvalue weighted by Crippen LogP contribution is -2.82. The Bertz CT molecular complexity index is 1020. The van der Waals surface area contributed by atoms with Crippen molar-refractivity contribution in [3.05, 3.63) is 35.3 Å². The van der Waals surface area contributed by atoms with Crippen LogP contribution in [0, 0.1) is 22.2 Å². The van der Waals surface area contributed by atoms with Gasteiger partial charge in [0, 0.05) is 17.8 Å². The van der Waals surface area contributed by atoms with Crippen LogP contribution in [0.3, 0.4) is 0 Å². The van der Waals surface area contributed by atoms with Crippen molar-refractivity contribution in [1.82, 2.24) is 0 Å². The molecule has 1 aromatic rings. The van der Waals surface area contributed by atoms with E-state index in [0.29, 0.717) is 12.8 Å². The summed E-state index contributed by atoms with van der Waals surface area (Å²) in [5, 5.41) is 0. The van der Waals surface area contributed by atoms with Gasteiger partial charge in [0.15, 0.2) is 0 Å². The number of hydrogen-bond donors (Lipinski definition) is 0. The molecule has 7 rings (SSSR count). The van der Waals surface area contributed by atoms with Crippen LogP contribution in [-0.4, -0.2) is 29.6 Å². The second kappa shape index (κ2) is 5.72. The van der Waals surface area contributed by atoms with Crippen molar-refractivity contribution in [1.29, 1.82) is 0 Å². The van der Waals surface area contributed by atoms with Crippen molar-refractivity contribution >= 4 is 11.8 Å². The van der Waals surface area contributed by atoms with Gasteiger partial charge in [-0.1, -0.05) is 25.0 Å². The molecule has 6 fully saturated rings. The van der Waals surface area contributed by atoms with Crippen LogP contribution in [0.5, 0.6) is 0 Å². The molecule has 3 saturated heterocycles. The van der Waals surface area contributed by atoms with Gasteiger partial charge in [-0.2, -0.15) is 0 Å². The third-order valence-corrected chi connectivity index (χ3v) is 10.4. The fourth-order valence-electron chi connectivity index (χ4n) is 9.11. The summed E-state index contributed by atoms with van der Waals surface area (Å²) in [5.74, 6) is 0.0299. The highest BCUT2D eigenvalue weighted by atomic mass is 16.6. The largest absolute Gasteiger partial charge is 0.472 e. The van der Waals surface area contributed by atoms with Crippen LogP contribution < -0.4 is 0 Å². The lowest BCUT2D eigenvalue weighted by molar-refractivity contribution is -0.364. The van der Waals surface area contributed by atoms with Crippen molar-refractivity contribution in [2.45, 2.75) is 90.4 Å². The molecule has 0 amide bonds. The number of ketones is 1. The number of allylic oxidation sites excluding steroid dienone is 1. The van der Waals surface area contributed by atoms with Gasteiger partial charge in [-0.05, 0) is 63.0 Å². The van der Waals surface area contributed by atoms with Gasteiger partial charge in [0.05, 0.1) is 36.6 Å². The molecule has 0 N–H and O–H groups in total. The molecule has 5 heteroatoms. The Morgan fingerprint density at radius 3 is 2.48 bits per heavy atom. The normalized spacial score (nSPS) is 50.2. The third kappa shape index (κ3) is 1.95. The molecule has 0 radical (unpaired) electrons. The van der Waals surface area contributed by atoms with Gasteiger partial charge in [0.2, 0.25) is 0 Å². The van der Waals surface area contributed by atoms with Gasteiger partial charge >= 0.3 is 5.97 Å². The summed E-state index contributed by atoms with van der Waals surface area (Å²) in [6.07, 6.45) is 6.47. The van der Waals surface area contributed by atoms with E-state index in [1.54, 1.807) is 12.5 Å². The molecule has 8 atom stereocenters. The highest BCUT2D eigenvalue weighted by Gasteiger charge is 2.83. The minimum atomic E-state index is -0.696. The number of ether oxygens (including phenoxy) is 2. The number of Topliss-reactive ketones (excluding diaryl/α,β-unsaturated/α-hetero) is 1. The SMILES string of the molecule is CC(C)=C1C[C@H]2O[C@@H]3CC(=O)O[C@]4(CC[C@]5(C)[C@@H](c6ccoc6)CC(=O)[C@H]5[C@]24C)[C@]13C. The summed E-state index contributed by atoms with van der Waals surface area (Å²) in [4.78, 5) is 26.6. The zero-order valence-electron chi connectivity index (χ0n) is 19.1. The molecule has 3 saturated carbocycles. The number of carbonyl (C=O) groups is 2. The Morgan fingerprint density at radius 2 is 1.81 bits per heavy atom. The van der Waals surface area contributed by atoms with Crippen molar-refractivity contribution in [3.63, 3.8) is 0 Å². The van der Waals surface area contributed by atoms with Crippen molar-refractivity contribution in [2.75, 3.05) is 0 Å². The van der Waals surface area contributed by atoms with Crippen molar-refractivity contribution in [2.24, 2.45) is 22.2 Å². The number of esters is 1. The lowest BCUT2D eigenvalue weighted by Gasteiger charge is -2.75. The Labute approximate surface area is 183 Å². The first kappa shape index (κ1) is 19.8. The molecule has 0 unspecified atom stereocenters. The molecule has 166 valence electrons. The Hall–Kier alpha value is -1.88. The molecule has 5 nitrogen and oxygen atoms in total. The summed E-state index contributed by atoms with van der Waals surface area (Å²) >= 11 is 0. The highest BCUT2D eigenvalue weighted by Crippen LogP contribution is 2.78. The molecule has 4 bridgehead atoms. The van der Waals surface area contributed by atoms with Gasteiger partial charge in [0.1, 0.15) is 11.4 Å². The van der Waals surface area contributed by atoms with E-state index in [1.165, 1.54) is 11.1 Å². The van der Waals surface area contributed by atoms with Gasteiger partial charge in [-0.15, -0.1) is 0 Å². The molecule has 3 aliphatic heterocycles. The van der Waals surface area contributed by atoms with Crippen molar-refractivity contribution in [3.8, 4) is 0 Å².